The number of benzene rings is 1. The maximum absolute atomic E-state index is 12.6. The fourth-order valence-corrected chi connectivity index (χ4v) is 4.15. The number of anilines is 1. The van der Waals surface area contributed by atoms with Gasteiger partial charge in [-0.15, -0.1) is 0 Å². The molecule has 0 aromatic heterocycles. The van der Waals surface area contributed by atoms with Crippen LogP contribution in [0.15, 0.2) is 24.3 Å². The van der Waals surface area contributed by atoms with E-state index in [1.165, 1.54) is 4.31 Å². The lowest BCUT2D eigenvalue weighted by Gasteiger charge is -2.35. The van der Waals surface area contributed by atoms with Gasteiger partial charge in [-0.05, 0) is 37.5 Å². The van der Waals surface area contributed by atoms with Crippen LogP contribution in [0.1, 0.15) is 31.7 Å². The number of piperidine rings is 1. The van der Waals surface area contributed by atoms with E-state index in [9.17, 15) is 8.42 Å². The minimum absolute atomic E-state index is 0.0858. The molecule has 0 amide bonds. The summed E-state index contributed by atoms with van der Waals surface area (Å²) in [5.74, 6) is 0. The van der Waals surface area contributed by atoms with Gasteiger partial charge in [-0.25, -0.2) is 0 Å². The molecule has 6 heteroatoms. The van der Waals surface area contributed by atoms with Gasteiger partial charge in [-0.1, -0.05) is 18.6 Å². The second-order valence-corrected chi connectivity index (χ2v) is 7.45. The van der Waals surface area contributed by atoms with Gasteiger partial charge in [0, 0.05) is 31.9 Å². The second-order valence-electron chi connectivity index (χ2n) is 5.46. The number of nitrogen functional groups attached to an aromatic ring is 1. The third-order valence-corrected chi connectivity index (χ3v) is 5.87. The molecule has 1 aromatic rings. The highest BCUT2D eigenvalue weighted by atomic mass is 32.2. The summed E-state index contributed by atoms with van der Waals surface area (Å²) >= 11 is 0. The van der Waals surface area contributed by atoms with Gasteiger partial charge in [-0.2, -0.15) is 17.0 Å². The lowest BCUT2D eigenvalue weighted by molar-refractivity contribution is 0.249. The molecule has 1 atom stereocenters. The van der Waals surface area contributed by atoms with E-state index >= 15 is 0 Å². The van der Waals surface area contributed by atoms with E-state index in [0.717, 1.165) is 24.8 Å². The Balaban J connectivity index is 2.10. The largest absolute Gasteiger partial charge is 0.399 e. The topological polar surface area (TPSA) is 66.6 Å². The van der Waals surface area contributed by atoms with Crippen molar-refractivity contribution in [2.75, 3.05) is 19.3 Å². The first-order chi connectivity index (χ1) is 9.41. The predicted octanol–water partition coefficient (Wildman–Crippen LogP) is 1.82. The molecule has 1 unspecified atom stereocenters. The predicted molar refractivity (Wildman–Crippen MR) is 81.3 cm³/mol. The van der Waals surface area contributed by atoms with E-state index < -0.39 is 10.2 Å². The van der Waals surface area contributed by atoms with Crippen LogP contribution in [-0.2, 0) is 16.8 Å². The van der Waals surface area contributed by atoms with Gasteiger partial charge in [0.05, 0.1) is 0 Å². The Kier molecular flexibility index (Phi) is 4.67. The maximum Gasteiger partial charge on any atom is 0.282 e. The smallest absolute Gasteiger partial charge is 0.282 e. The first kappa shape index (κ1) is 15.3. The minimum atomic E-state index is -3.38. The number of nitrogens with zero attached hydrogens (tertiary/aromatic N) is 2. The molecule has 0 radical (unpaired) electrons. The van der Waals surface area contributed by atoms with Gasteiger partial charge >= 0.3 is 0 Å². The molecule has 0 bridgehead atoms. The van der Waals surface area contributed by atoms with Crippen molar-refractivity contribution in [1.29, 1.82) is 0 Å². The number of hydrogen-bond acceptors (Lipinski definition) is 3. The highest BCUT2D eigenvalue weighted by molar-refractivity contribution is 7.86. The zero-order chi connectivity index (χ0) is 14.8. The summed E-state index contributed by atoms with van der Waals surface area (Å²) in [6.45, 7) is 2.97. The Labute approximate surface area is 121 Å². The molecule has 5 nitrogen and oxygen atoms in total. The Morgan fingerprint density at radius 2 is 1.95 bits per heavy atom. The average molecular weight is 297 g/mol. The van der Waals surface area contributed by atoms with Crippen molar-refractivity contribution in [2.24, 2.45) is 0 Å². The van der Waals surface area contributed by atoms with Gasteiger partial charge in [0.2, 0.25) is 0 Å². The van der Waals surface area contributed by atoms with Crippen molar-refractivity contribution in [3.63, 3.8) is 0 Å². The summed E-state index contributed by atoms with van der Waals surface area (Å²) in [7, 11) is -1.75. The van der Waals surface area contributed by atoms with Crippen molar-refractivity contribution < 1.29 is 8.42 Å². The van der Waals surface area contributed by atoms with Gasteiger partial charge in [0.15, 0.2) is 0 Å². The van der Waals surface area contributed by atoms with E-state index in [0.29, 0.717) is 18.8 Å². The van der Waals surface area contributed by atoms with Gasteiger partial charge < -0.3 is 5.73 Å². The quantitative estimate of drug-likeness (QED) is 0.862. The second kappa shape index (κ2) is 6.11. The zero-order valence-electron chi connectivity index (χ0n) is 12.1. The lowest BCUT2D eigenvalue weighted by Crippen LogP contribution is -2.48. The normalized spacial score (nSPS) is 21.2. The molecule has 20 heavy (non-hydrogen) atoms. The summed E-state index contributed by atoms with van der Waals surface area (Å²) in [6.07, 6.45) is 2.99. The molecule has 0 saturated carbocycles. The molecule has 0 aliphatic carbocycles. The first-order valence-corrected chi connectivity index (χ1v) is 8.38. The van der Waals surface area contributed by atoms with Crippen LogP contribution in [0, 0.1) is 0 Å². The molecule has 2 N–H and O–H groups in total. The van der Waals surface area contributed by atoms with Gasteiger partial charge in [0.1, 0.15) is 0 Å². The molecule has 1 aromatic carbocycles. The summed E-state index contributed by atoms with van der Waals surface area (Å²) < 4.78 is 28.2. The number of hydrogen-bond donors (Lipinski definition) is 1. The van der Waals surface area contributed by atoms with Crippen LogP contribution >= 0.6 is 0 Å². The average Bonchev–Trinajstić information content (AvgIpc) is 2.41. The zero-order valence-corrected chi connectivity index (χ0v) is 12.9. The van der Waals surface area contributed by atoms with Gasteiger partial charge in [0.25, 0.3) is 10.2 Å². The molecule has 1 aliphatic heterocycles. The van der Waals surface area contributed by atoms with Crippen LogP contribution in [-0.4, -0.2) is 36.7 Å². The van der Waals surface area contributed by atoms with Crippen LogP contribution in [0.3, 0.4) is 0 Å². The summed E-state index contributed by atoms with van der Waals surface area (Å²) in [4.78, 5) is 0. The Hall–Kier alpha value is -1.11. The van der Waals surface area contributed by atoms with Crippen molar-refractivity contribution in [3.05, 3.63) is 29.8 Å². The van der Waals surface area contributed by atoms with E-state index in [1.807, 2.05) is 19.1 Å². The molecular formula is C14H23N3O2S. The maximum atomic E-state index is 12.6. The van der Waals surface area contributed by atoms with Crippen molar-refractivity contribution in [1.82, 2.24) is 8.61 Å². The molecule has 1 aliphatic rings. The molecule has 1 heterocycles. The number of rotatable bonds is 4. The van der Waals surface area contributed by atoms with Crippen molar-refractivity contribution in [2.45, 2.75) is 38.8 Å². The van der Waals surface area contributed by atoms with Crippen LogP contribution in [0.25, 0.3) is 0 Å². The highest BCUT2D eigenvalue weighted by Crippen LogP contribution is 2.22. The molecule has 112 valence electrons. The van der Waals surface area contributed by atoms with Crippen molar-refractivity contribution >= 4 is 15.9 Å². The van der Waals surface area contributed by atoms with E-state index in [-0.39, 0.29) is 6.04 Å². The Bertz CT molecular complexity index is 542. The van der Waals surface area contributed by atoms with E-state index in [4.69, 9.17) is 5.73 Å². The van der Waals surface area contributed by atoms with Crippen molar-refractivity contribution in [3.8, 4) is 0 Å². The third kappa shape index (κ3) is 3.31. The summed E-state index contributed by atoms with van der Waals surface area (Å²) in [5, 5.41) is 0. The molecular weight excluding hydrogens is 274 g/mol. The summed E-state index contributed by atoms with van der Waals surface area (Å²) in [5.41, 5.74) is 7.26. The Morgan fingerprint density at radius 1 is 1.30 bits per heavy atom. The standard InChI is InChI=1S/C14H23N3O2S/c1-12-5-3-4-10-17(12)20(18,19)16(2)11-13-6-8-14(15)9-7-13/h6-9,12H,3-5,10-11,15H2,1-2H3. The fraction of sp³-hybridized carbons (Fsp3) is 0.571. The molecule has 0 spiro atoms. The molecule has 2 rings (SSSR count). The first-order valence-electron chi connectivity index (χ1n) is 6.99. The van der Waals surface area contributed by atoms with Crippen LogP contribution in [0.5, 0.6) is 0 Å². The summed E-state index contributed by atoms with van der Waals surface area (Å²) in [6, 6.07) is 7.39. The SMILES string of the molecule is CC1CCCCN1S(=O)(=O)N(C)Cc1ccc(N)cc1. The highest BCUT2D eigenvalue weighted by Gasteiger charge is 2.32. The molecule has 1 fully saturated rings. The van der Waals surface area contributed by atoms with Crippen LogP contribution < -0.4 is 5.73 Å². The molecule has 1 saturated heterocycles. The third-order valence-electron chi connectivity index (χ3n) is 3.82. The van der Waals surface area contributed by atoms with E-state index in [1.54, 1.807) is 23.5 Å². The van der Waals surface area contributed by atoms with E-state index in [2.05, 4.69) is 0 Å². The van der Waals surface area contributed by atoms with Crippen LogP contribution in [0.2, 0.25) is 0 Å². The monoisotopic (exact) mass is 297 g/mol. The lowest BCUT2D eigenvalue weighted by atomic mass is 10.1. The minimum Gasteiger partial charge on any atom is -0.399 e. The fourth-order valence-electron chi connectivity index (χ4n) is 2.56. The Morgan fingerprint density at radius 3 is 2.55 bits per heavy atom. The van der Waals surface area contributed by atoms with Gasteiger partial charge in [-0.3, -0.25) is 0 Å². The number of nitrogens with two attached hydrogens (primary N) is 1. The van der Waals surface area contributed by atoms with Crippen LogP contribution in [0.4, 0.5) is 5.69 Å².